The van der Waals surface area contributed by atoms with Gasteiger partial charge in [0.25, 0.3) is 0 Å². The molecule has 0 bridgehead atoms. The summed E-state index contributed by atoms with van der Waals surface area (Å²) in [7, 11) is 0. The van der Waals surface area contributed by atoms with Crippen LogP contribution in [0, 0.1) is 5.82 Å². The summed E-state index contributed by atoms with van der Waals surface area (Å²) in [5, 5.41) is 0. The van der Waals surface area contributed by atoms with Crippen molar-refractivity contribution in [2.45, 2.75) is 0 Å². The number of hydrogen-bond acceptors (Lipinski definition) is 3. The van der Waals surface area contributed by atoms with Crippen LogP contribution >= 0.6 is 11.3 Å². The second-order valence-electron chi connectivity index (χ2n) is 2.88. The van der Waals surface area contributed by atoms with E-state index >= 15 is 0 Å². The molecule has 0 aliphatic carbocycles. The van der Waals surface area contributed by atoms with E-state index in [4.69, 9.17) is 0 Å². The summed E-state index contributed by atoms with van der Waals surface area (Å²) in [6.45, 7) is 0. The van der Waals surface area contributed by atoms with Crippen molar-refractivity contribution in [3.05, 3.63) is 45.4 Å². The predicted octanol–water partition coefficient (Wildman–Crippen LogP) is 2.05. The van der Waals surface area contributed by atoms with Gasteiger partial charge >= 0.3 is 4.87 Å². The van der Waals surface area contributed by atoms with Gasteiger partial charge in [-0.2, -0.15) is 0 Å². The average molecular weight is 223 g/mol. The van der Waals surface area contributed by atoms with Crippen LogP contribution < -0.4 is 4.87 Å². The van der Waals surface area contributed by atoms with Gasteiger partial charge < -0.3 is 4.98 Å². The molecule has 0 atom stereocenters. The van der Waals surface area contributed by atoms with E-state index in [1.807, 2.05) is 0 Å². The minimum atomic E-state index is -0.353. The van der Waals surface area contributed by atoms with Crippen molar-refractivity contribution in [1.29, 1.82) is 0 Å². The third kappa shape index (κ3) is 1.87. The zero-order valence-electron chi connectivity index (χ0n) is 7.49. The first-order valence-electron chi connectivity index (χ1n) is 4.15. The summed E-state index contributed by atoms with van der Waals surface area (Å²) in [6, 6.07) is 5.63. The number of nitrogens with one attached hydrogen (secondary N) is 1. The Morgan fingerprint density at radius 1 is 1.27 bits per heavy atom. The highest BCUT2D eigenvalue weighted by molar-refractivity contribution is 7.13. The first-order chi connectivity index (χ1) is 7.20. The number of carbonyl (C=O) groups is 1. The minimum Gasteiger partial charge on any atom is -0.310 e. The molecule has 5 heteroatoms. The molecular formula is C10H6FNO2S. The Balaban J connectivity index is 2.57. The monoisotopic (exact) mass is 223 g/mol. The number of aldehydes is 1. The first kappa shape index (κ1) is 9.79. The highest BCUT2D eigenvalue weighted by Gasteiger charge is 2.09. The van der Waals surface area contributed by atoms with Gasteiger partial charge in [0.2, 0.25) is 0 Å². The third-order valence-corrected chi connectivity index (χ3v) is 2.85. The van der Waals surface area contributed by atoms with Crippen molar-refractivity contribution >= 4 is 17.6 Å². The SMILES string of the molecule is O=Cc1[nH]c(=O)sc1-c1ccc(F)cc1. The summed E-state index contributed by atoms with van der Waals surface area (Å²) in [5.41, 5.74) is 0.887. The van der Waals surface area contributed by atoms with E-state index in [0.29, 0.717) is 16.7 Å². The molecule has 76 valence electrons. The number of H-pyrrole nitrogens is 1. The molecule has 3 nitrogen and oxygen atoms in total. The fourth-order valence-electron chi connectivity index (χ4n) is 1.24. The summed E-state index contributed by atoms with van der Waals surface area (Å²) in [5.74, 6) is -0.353. The van der Waals surface area contributed by atoms with Crippen LogP contribution in [-0.4, -0.2) is 11.3 Å². The molecule has 2 rings (SSSR count). The van der Waals surface area contributed by atoms with Gasteiger partial charge in [0.15, 0.2) is 6.29 Å². The Bertz CT molecular complexity index is 541. The Kier molecular flexibility index (Phi) is 2.47. The molecule has 0 aliphatic heterocycles. The molecule has 1 heterocycles. The lowest BCUT2D eigenvalue weighted by Crippen LogP contribution is -1.93. The molecular weight excluding hydrogens is 217 g/mol. The smallest absolute Gasteiger partial charge is 0.305 e. The number of aromatic amines is 1. The largest absolute Gasteiger partial charge is 0.310 e. The molecule has 15 heavy (non-hydrogen) atoms. The van der Waals surface area contributed by atoms with E-state index in [0.717, 1.165) is 11.3 Å². The van der Waals surface area contributed by atoms with E-state index in [9.17, 15) is 14.0 Å². The van der Waals surface area contributed by atoms with Crippen LogP contribution in [0.1, 0.15) is 10.5 Å². The number of aromatic nitrogens is 1. The quantitative estimate of drug-likeness (QED) is 0.792. The molecule has 0 aliphatic rings. The fraction of sp³-hybridized carbons (Fsp3) is 0. The standard InChI is InChI=1S/C10H6FNO2S/c11-7-3-1-6(2-4-7)9-8(5-13)12-10(14)15-9/h1-5H,(H,12,14). The topological polar surface area (TPSA) is 49.9 Å². The first-order valence-corrected chi connectivity index (χ1v) is 4.96. The van der Waals surface area contributed by atoms with E-state index in [1.165, 1.54) is 24.3 Å². The van der Waals surface area contributed by atoms with E-state index in [2.05, 4.69) is 4.98 Å². The van der Waals surface area contributed by atoms with E-state index < -0.39 is 0 Å². The Labute approximate surface area is 88.2 Å². The highest BCUT2D eigenvalue weighted by Crippen LogP contribution is 2.24. The van der Waals surface area contributed by atoms with Gasteiger partial charge in [-0.25, -0.2) is 4.39 Å². The van der Waals surface area contributed by atoms with Crippen molar-refractivity contribution in [2.24, 2.45) is 0 Å². The van der Waals surface area contributed by atoms with Gasteiger partial charge in [-0.15, -0.1) is 0 Å². The molecule has 1 aromatic heterocycles. The van der Waals surface area contributed by atoms with Gasteiger partial charge in [0.1, 0.15) is 11.5 Å². The van der Waals surface area contributed by atoms with Crippen molar-refractivity contribution in [3.8, 4) is 10.4 Å². The minimum absolute atomic E-state index is 0.233. The van der Waals surface area contributed by atoms with Gasteiger partial charge in [-0.3, -0.25) is 9.59 Å². The van der Waals surface area contributed by atoms with Gasteiger partial charge in [0, 0.05) is 0 Å². The maximum Gasteiger partial charge on any atom is 0.305 e. The van der Waals surface area contributed by atoms with E-state index in [-0.39, 0.29) is 16.4 Å². The summed E-state index contributed by atoms with van der Waals surface area (Å²) in [6.07, 6.45) is 0.580. The van der Waals surface area contributed by atoms with Crippen LogP contribution in [0.25, 0.3) is 10.4 Å². The highest BCUT2D eigenvalue weighted by atomic mass is 32.1. The van der Waals surface area contributed by atoms with Crippen LogP contribution in [0.4, 0.5) is 4.39 Å². The van der Waals surface area contributed by atoms with E-state index in [1.54, 1.807) is 0 Å². The molecule has 0 fully saturated rings. The second-order valence-corrected chi connectivity index (χ2v) is 3.87. The Morgan fingerprint density at radius 3 is 2.53 bits per heavy atom. The lowest BCUT2D eigenvalue weighted by Gasteiger charge is -1.96. The summed E-state index contributed by atoms with van der Waals surface area (Å²) in [4.78, 5) is 24.3. The van der Waals surface area contributed by atoms with Crippen LogP contribution in [0.3, 0.4) is 0 Å². The molecule has 0 amide bonds. The number of hydrogen-bond donors (Lipinski definition) is 1. The van der Waals surface area contributed by atoms with Gasteiger partial charge in [0.05, 0.1) is 4.88 Å². The summed E-state index contributed by atoms with van der Waals surface area (Å²) < 4.78 is 12.7. The van der Waals surface area contributed by atoms with Crippen LogP contribution in [0.15, 0.2) is 29.1 Å². The molecule has 1 N–H and O–H groups in total. The number of benzene rings is 1. The van der Waals surface area contributed by atoms with Crippen molar-refractivity contribution in [2.75, 3.05) is 0 Å². The maximum atomic E-state index is 12.7. The summed E-state index contributed by atoms with van der Waals surface area (Å²) >= 11 is 0.933. The van der Waals surface area contributed by atoms with Crippen molar-refractivity contribution in [3.63, 3.8) is 0 Å². The van der Waals surface area contributed by atoms with Gasteiger partial charge in [-0.1, -0.05) is 23.5 Å². The molecule has 0 saturated heterocycles. The molecule has 0 saturated carbocycles. The van der Waals surface area contributed by atoms with Crippen LogP contribution in [0.5, 0.6) is 0 Å². The maximum absolute atomic E-state index is 12.7. The molecule has 0 radical (unpaired) electrons. The number of thiazole rings is 1. The van der Waals surface area contributed by atoms with Crippen molar-refractivity contribution < 1.29 is 9.18 Å². The number of halogens is 1. The lowest BCUT2D eigenvalue weighted by atomic mass is 10.1. The molecule has 2 aromatic rings. The molecule has 0 spiro atoms. The Morgan fingerprint density at radius 2 is 1.93 bits per heavy atom. The molecule has 0 unspecified atom stereocenters. The van der Waals surface area contributed by atoms with Crippen LogP contribution in [0.2, 0.25) is 0 Å². The zero-order valence-corrected chi connectivity index (χ0v) is 8.31. The zero-order chi connectivity index (χ0) is 10.8. The number of carbonyl (C=O) groups excluding carboxylic acids is 1. The normalized spacial score (nSPS) is 10.2. The lowest BCUT2D eigenvalue weighted by molar-refractivity contribution is 0.112. The predicted molar refractivity (Wildman–Crippen MR) is 55.7 cm³/mol. The van der Waals surface area contributed by atoms with Crippen LogP contribution in [-0.2, 0) is 0 Å². The number of rotatable bonds is 2. The Hall–Kier alpha value is -1.75. The molecule has 1 aromatic carbocycles. The van der Waals surface area contributed by atoms with Crippen molar-refractivity contribution in [1.82, 2.24) is 4.98 Å². The fourth-order valence-corrected chi connectivity index (χ4v) is 2.05. The van der Waals surface area contributed by atoms with Gasteiger partial charge in [-0.05, 0) is 17.7 Å². The average Bonchev–Trinajstić information content (AvgIpc) is 2.61. The second kappa shape index (κ2) is 3.78. The third-order valence-electron chi connectivity index (χ3n) is 1.90.